The SMILES string of the molecule is CN1CCNC(c2ccncc2C(F)(F)F)C1. The van der Waals surface area contributed by atoms with Crippen LogP contribution in [0.15, 0.2) is 18.5 Å². The summed E-state index contributed by atoms with van der Waals surface area (Å²) < 4.78 is 38.5. The lowest BCUT2D eigenvalue weighted by atomic mass is 10.0. The molecule has 0 bridgehead atoms. The molecule has 1 N–H and O–H groups in total. The second-order valence-corrected chi connectivity index (χ2v) is 4.23. The van der Waals surface area contributed by atoms with Gasteiger partial charge < -0.3 is 10.2 Å². The zero-order valence-corrected chi connectivity index (χ0v) is 9.46. The Balaban J connectivity index is 2.31. The summed E-state index contributed by atoms with van der Waals surface area (Å²) in [7, 11) is 1.91. The van der Waals surface area contributed by atoms with Crippen LogP contribution >= 0.6 is 0 Å². The van der Waals surface area contributed by atoms with E-state index >= 15 is 0 Å². The first-order valence-electron chi connectivity index (χ1n) is 5.41. The molecule has 1 aromatic rings. The standard InChI is InChI=1S/C11H14F3N3/c1-17-5-4-16-10(7-17)8-2-3-15-6-9(8)11(12,13)14/h2-3,6,10,16H,4-5,7H2,1H3. The molecule has 2 heterocycles. The van der Waals surface area contributed by atoms with Crippen LogP contribution in [0.25, 0.3) is 0 Å². The number of likely N-dealkylation sites (N-methyl/N-ethyl adjacent to an activating group) is 1. The van der Waals surface area contributed by atoms with Gasteiger partial charge in [-0.2, -0.15) is 13.2 Å². The van der Waals surface area contributed by atoms with Crippen molar-refractivity contribution in [1.82, 2.24) is 15.2 Å². The zero-order chi connectivity index (χ0) is 12.5. The summed E-state index contributed by atoms with van der Waals surface area (Å²) in [5.41, 5.74) is -0.369. The smallest absolute Gasteiger partial charge is 0.308 e. The molecule has 3 nitrogen and oxygen atoms in total. The molecule has 6 heteroatoms. The highest BCUT2D eigenvalue weighted by Crippen LogP contribution is 2.34. The minimum Gasteiger partial charge on any atom is -0.308 e. The second-order valence-electron chi connectivity index (χ2n) is 4.23. The number of aromatic nitrogens is 1. The highest BCUT2D eigenvalue weighted by molar-refractivity contribution is 5.30. The number of alkyl halides is 3. The van der Waals surface area contributed by atoms with E-state index in [0.29, 0.717) is 13.1 Å². The average molecular weight is 245 g/mol. The van der Waals surface area contributed by atoms with Crippen molar-refractivity contribution in [1.29, 1.82) is 0 Å². The topological polar surface area (TPSA) is 28.2 Å². The molecule has 0 aromatic carbocycles. The molecule has 1 aromatic heterocycles. The second kappa shape index (κ2) is 4.62. The number of nitrogens with one attached hydrogen (secondary N) is 1. The summed E-state index contributed by atoms with van der Waals surface area (Å²) in [6.07, 6.45) is -2.05. The molecular weight excluding hydrogens is 231 g/mol. The Morgan fingerprint density at radius 3 is 2.88 bits per heavy atom. The van der Waals surface area contributed by atoms with Gasteiger partial charge in [0.15, 0.2) is 0 Å². The fraction of sp³-hybridized carbons (Fsp3) is 0.545. The minimum absolute atomic E-state index is 0.277. The third-order valence-electron chi connectivity index (χ3n) is 2.91. The summed E-state index contributed by atoms with van der Waals surface area (Å²) in [6.45, 7) is 2.12. The highest BCUT2D eigenvalue weighted by Gasteiger charge is 2.36. The fourth-order valence-electron chi connectivity index (χ4n) is 2.05. The fourth-order valence-corrected chi connectivity index (χ4v) is 2.05. The van der Waals surface area contributed by atoms with Gasteiger partial charge in [0, 0.05) is 38.1 Å². The van der Waals surface area contributed by atoms with Crippen LogP contribution in [0.1, 0.15) is 17.2 Å². The Bertz CT molecular complexity index is 392. The highest BCUT2D eigenvalue weighted by atomic mass is 19.4. The maximum absolute atomic E-state index is 12.8. The summed E-state index contributed by atoms with van der Waals surface area (Å²) in [4.78, 5) is 5.58. The van der Waals surface area contributed by atoms with Crippen LogP contribution in [0.3, 0.4) is 0 Å². The van der Waals surface area contributed by atoms with E-state index in [9.17, 15) is 13.2 Å². The number of rotatable bonds is 1. The lowest BCUT2D eigenvalue weighted by Crippen LogP contribution is -2.44. The number of hydrogen-bond acceptors (Lipinski definition) is 3. The van der Waals surface area contributed by atoms with Crippen LogP contribution in [0.5, 0.6) is 0 Å². The number of piperazine rings is 1. The number of halogens is 3. The van der Waals surface area contributed by atoms with Gasteiger partial charge in [-0.3, -0.25) is 4.98 Å². The molecule has 17 heavy (non-hydrogen) atoms. The van der Waals surface area contributed by atoms with Crippen molar-refractivity contribution in [2.75, 3.05) is 26.7 Å². The molecule has 0 radical (unpaired) electrons. The van der Waals surface area contributed by atoms with E-state index in [0.717, 1.165) is 12.7 Å². The molecule has 2 rings (SSSR count). The van der Waals surface area contributed by atoms with Gasteiger partial charge in [-0.15, -0.1) is 0 Å². The van der Waals surface area contributed by atoms with Crippen molar-refractivity contribution in [3.8, 4) is 0 Å². The van der Waals surface area contributed by atoms with Crippen LogP contribution in [0, 0.1) is 0 Å². The summed E-state index contributed by atoms with van der Waals surface area (Å²) >= 11 is 0. The molecule has 1 unspecified atom stereocenters. The van der Waals surface area contributed by atoms with Gasteiger partial charge >= 0.3 is 6.18 Å². The molecule has 0 aliphatic carbocycles. The van der Waals surface area contributed by atoms with Crippen molar-refractivity contribution in [2.45, 2.75) is 12.2 Å². The number of hydrogen-bond donors (Lipinski definition) is 1. The van der Waals surface area contributed by atoms with Crippen molar-refractivity contribution in [3.63, 3.8) is 0 Å². The van der Waals surface area contributed by atoms with E-state index in [1.165, 1.54) is 12.3 Å². The van der Waals surface area contributed by atoms with Gasteiger partial charge in [-0.25, -0.2) is 0 Å². The van der Waals surface area contributed by atoms with E-state index in [2.05, 4.69) is 10.3 Å². The summed E-state index contributed by atoms with van der Waals surface area (Å²) in [5.74, 6) is 0. The molecule has 1 aliphatic rings. The van der Waals surface area contributed by atoms with E-state index < -0.39 is 11.7 Å². The molecule has 1 aliphatic heterocycles. The van der Waals surface area contributed by atoms with E-state index in [4.69, 9.17) is 0 Å². The average Bonchev–Trinajstić information content (AvgIpc) is 2.28. The van der Waals surface area contributed by atoms with Gasteiger partial charge in [-0.1, -0.05) is 0 Å². The largest absolute Gasteiger partial charge is 0.418 e. The third-order valence-corrected chi connectivity index (χ3v) is 2.91. The summed E-state index contributed by atoms with van der Waals surface area (Å²) in [6, 6.07) is 1.16. The quantitative estimate of drug-likeness (QED) is 0.816. The third kappa shape index (κ3) is 2.76. The van der Waals surface area contributed by atoms with Gasteiger partial charge in [0.2, 0.25) is 0 Å². The van der Waals surface area contributed by atoms with Gasteiger partial charge in [-0.05, 0) is 18.7 Å². The van der Waals surface area contributed by atoms with Gasteiger partial charge in [0.05, 0.1) is 5.56 Å². The first-order chi connectivity index (χ1) is 7.98. The van der Waals surface area contributed by atoms with Crippen molar-refractivity contribution < 1.29 is 13.2 Å². The van der Waals surface area contributed by atoms with Crippen LogP contribution in [-0.4, -0.2) is 36.6 Å². The Morgan fingerprint density at radius 2 is 2.24 bits per heavy atom. The normalized spacial score (nSPS) is 22.7. The molecule has 0 spiro atoms. The van der Waals surface area contributed by atoms with Crippen LogP contribution in [-0.2, 0) is 6.18 Å². The first kappa shape index (κ1) is 12.3. The van der Waals surface area contributed by atoms with Crippen LogP contribution in [0.4, 0.5) is 13.2 Å². The Hall–Kier alpha value is -1.14. The maximum atomic E-state index is 12.8. The Kier molecular flexibility index (Phi) is 3.35. The predicted octanol–water partition coefficient (Wildman–Crippen LogP) is 1.68. The van der Waals surface area contributed by atoms with E-state index in [-0.39, 0.29) is 11.6 Å². The maximum Gasteiger partial charge on any atom is 0.418 e. The van der Waals surface area contributed by atoms with E-state index in [1.54, 1.807) is 0 Å². The first-order valence-corrected chi connectivity index (χ1v) is 5.41. The molecule has 1 saturated heterocycles. The lowest BCUT2D eigenvalue weighted by Gasteiger charge is -2.32. The zero-order valence-electron chi connectivity index (χ0n) is 9.46. The molecule has 1 atom stereocenters. The van der Waals surface area contributed by atoms with Crippen molar-refractivity contribution >= 4 is 0 Å². The molecule has 0 amide bonds. The lowest BCUT2D eigenvalue weighted by molar-refractivity contribution is -0.138. The Morgan fingerprint density at radius 1 is 1.47 bits per heavy atom. The molecule has 94 valence electrons. The van der Waals surface area contributed by atoms with Crippen molar-refractivity contribution in [2.24, 2.45) is 0 Å². The number of nitrogens with zero attached hydrogens (tertiary/aromatic N) is 2. The van der Waals surface area contributed by atoms with E-state index in [1.807, 2.05) is 11.9 Å². The Labute approximate surface area is 97.6 Å². The van der Waals surface area contributed by atoms with Crippen LogP contribution in [0.2, 0.25) is 0 Å². The number of pyridine rings is 1. The monoisotopic (exact) mass is 245 g/mol. The molecule has 0 saturated carbocycles. The minimum atomic E-state index is -4.35. The van der Waals surface area contributed by atoms with Crippen LogP contribution < -0.4 is 5.32 Å². The molecule has 1 fully saturated rings. The van der Waals surface area contributed by atoms with Gasteiger partial charge in [0.1, 0.15) is 0 Å². The van der Waals surface area contributed by atoms with Gasteiger partial charge in [0.25, 0.3) is 0 Å². The van der Waals surface area contributed by atoms with Crippen molar-refractivity contribution in [3.05, 3.63) is 29.6 Å². The summed E-state index contributed by atoms with van der Waals surface area (Å²) in [5, 5.41) is 3.11. The molecular formula is C11H14F3N3. The predicted molar refractivity (Wildman–Crippen MR) is 57.5 cm³/mol.